The third-order valence-electron chi connectivity index (χ3n) is 3.73. The van der Waals surface area contributed by atoms with Crippen molar-refractivity contribution in [1.29, 1.82) is 0 Å². The van der Waals surface area contributed by atoms with Gasteiger partial charge in [0.15, 0.2) is 0 Å². The predicted molar refractivity (Wildman–Crippen MR) is 77.0 cm³/mol. The van der Waals surface area contributed by atoms with E-state index >= 15 is 0 Å². The van der Waals surface area contributed by atoms with Crippen LogP contribution in [0.25, 0.3) is 0 Å². The minimum Gasteiger partial charge on any atom is -0.397 e. The zero-order valence-corrected chi connectivity index (χ0v) is 11.6. The SMILES string of the molecule is Nc1cc(Cl)c(F)cc1NCC1(O)CCCCCC1. The second-order valence-corrected chi connectivity index (χ2v) is 5.75. The largest absolute Gasteiger partial charge is 0.397 e. The number of nitrogens with one attached hydrogen (secondary N) is 1. The Labute approximate surface area is 117 Å². The lowest BCUT2D eigenvalue weighted by Gasteiger charge is -2.27. The monoisotopic (exact) mass is 286 g/mol. The standard InChI is InChI=1S/C14H20ClFN2O/c15-10-7-12(17)13(8-11(10)16)18-9-14(19)5-3-1-2-4-6-14/h7-8,18-19H,1-6,9,17H2. The summed E-state index contributed by atoms with van der Waals surface area (Å²) in [6, 6.07) is 2.66. The molecule has 1 aromatic carbocycles. The first kappa shape index (κ1) is 14.4. The molecule has 0 aliphatic heterocycles. The molecule has 0 radical (unpaired) electrons. The Balaban J connectivity index is 2.03. The molecular weight excluding hydrogens is 267 g/mol. The summed E-state index contributed by atoms with van der Waals surface area (Å²) >= 11 is 5.65. The molecule has 106 valence electrons. The molecule has 19 heavy (non-hydrogen) atoms. The highest BCUT2D eigenvalue weighted by Crippen LogP contribution is 2.30. The number of benzene rings is 1. The normalized spacial score (nSPS) is 18.9. The van der Waals surface area contributed by atoms with Crippen LogP contribution >= 0.6 is 11.6 Å². The van der Waals surface area contributed by atoms with Crippen molar-refractivity contribution >= 4 is 23.0 Å². The van der Waals surface area contributed by atoms with Gasteiger partial charge in [0.2, 0.25) is 0 Å². The molecule has 0 aromatic heterocycles. The van der Waals surface area contributed by atoms with Crippen molar-refractivity contribution in [2.24, 2.45) is 0 Å². The van der Waals surface area contributed by atoms with Crippen LogP contribution in [-0.4, -0.2) is 17.3 Å². The molecule has 0 amide bonds. The predicted octanol–water partition coefficient (Wildman–Crippen LogP) is 3.56. The highest BCUT2D eigenvalue weighted by Gasteiger charge is 2.27. The van der Waals surface area contributed by atoms with Gasteiger partial charge in [0, 0.05) is 12.6 Å². The Morgan fingerprint density at radius 1 is 1.26 bits per heavy atom. The maximum Gasteiger partial charge on any atom is 0.143 e. The summed E-state index contributed by atoms with van der Waals surface area (Å²) in [4.78, 5) is 0. The molecule has 2 rings (SSSR count). The van der Waals surface area contributed by atoms with E-state index in [0.717, 1.165) is 25.7 Å². The van der Waals surface area contributed by atoms with Crippen molar-refractivity contribution in [2.45, 2.75) is 44.1 Å². The summed E-state index contributed by atoms with van der Waals surface area (Å²) in [7, 11) is 0. The van der Waals surface area contributed by atoms with Crippen molar-refractivity contribution in [1.82, 2.24) is 0 Å². The number of nitrogens with two attached hydrogens (primary N) is 1. The van der Waals surface area contributed by atoms with Gasteiger partial charge in [0.1, 0.15) is 5.82 Å². The molecule has 1 saturated carbocycles. The van der Waals surface area contributed by atoms with E-state index in [1.807, 2.05) is 0 Å². The fourth-order valence-corrected chi connectivity index (χ4v) is 2.71. The zero-order chi connectivity index (χ0) is 13.9. The van der Waals surface area contributed by atoms with Gasteiger partial charge in [-0.3, -0.25) is 0 Å². The fourth-order valence-electron chi connectivity index (χ4n) is 2.54. The van der Waals surface area contributed by atoms with Crippen molar-refractivity contribution in [3.8, 4) is 0 Å². The van der Waals surface area contributed by atoms with Crippen LogP contribution in [-0.2, 0) is 0 Å². The van der Waals surface area contributed by atoms with E-state index in [1.165, 1.54) is 25.0 Å². The van der Waals surface area contributed by atoms with E-state index < -0.39 is 11.4 Å². The van der Waals surface area contributed by atoms with Gasteiger partial charge in [-0.1, -0.05) is 37.3 Å². The maximum atomic E-state index is 13.4. The Bertz CT molecular complexity index is 445. The van der Waals surface area contributed by atoms with Gasteiger partial charge < -0.3 is 16.2 Å². The van der Waals surface area contributed by atoms with Crippen LogP contribution in [0.5, 0.6) is 0 Å². The van der Waals surface area contributed by atoms with Crippen LogP contribution in [0.15, 0.2) is 12.1 Å². The van der Waals surface area contributed by atoms with Crippen LogP contribution in [0.4, 0.5) is 15.8 Å². The minimum absolute atomic E-state index is 0.0104. The maximum absolute atomic E-state index is 13.4. The summed E-state index contributed by atoms with van der Waals surface area (Å²) in [5.41, 5.74) is 5.94. The van der Waals surface area contributed by atoms with Gasteiger partial charge >= 0.3 is 0 Å². The number of hydrogen-bond donors (Lipinski definition) is 3. The average Bonchev–Trinajstić information content (AvgIpc) is 2.58. The first-order valence-corrected chi connectivity index (χ1v) is 7.09. The molecule has 1 aromatic rings. The van der Waals surface area contributed by atoms with Crippen LogP contribution in [0, 0.1) is 5.82 Å². The van der Waals surface area contributed by atoms with E-state index in [4.69, 9.17) is 17.3 Å². The van der Waals surface area contributed by atoms with Crippen molar-refractivity contribution in [3.63, 3.8) is 0 Å². The molecule has 1 aliphatic carbocycles. The second-order valence-electron chi connectivity index (χ2n) is 5.35. The minimum atomic E-state index is -0.723. The highest BCUT2D eigenvalue weighted by molar-refractivity contribution is 6.31. The summed E-state index contributed by atoms with van der Waals surface area (Å²) in [5.74, 6) is -0.508. The van der Waals surface area contributed by atoms with Crippen LogP contribution in [0.1, 0.15) is 38.5 Å². The molecule has 0 unspecified atom stereocenters. The first-order chi connectivity index (χ1) is 9.00. The molecule has 0 heterocycles. The summed E-state index contributed by atoms with van der Waals surface area (Å²) in [6.07, 6.45) is 5.94. The zero-order valence-electron chi connectivity index (χ0n) is 10.9. The number of hydrogen-bond acceptors (Lipinski definition) is 3. The van der Waals surface area contributed by atoms with E-state index in [1.54, 1.807) is 0 Å². The molecular formula is C14H20ClFN2O. The van der Waals surface area contributed by atoms with E-state index in [9.17, 15) is 9.50 Å². The highest BCUT2D eigenvalue weighted by atomic mass is 35.5. The number of aliphatic hydroxyl groups is 1. The van der Waals surface area contributed by atoms with Gasteiger partial charge in [-0.15, -0.1) is 0 Å². The Hall–Kier alpha value is -1.00. The summed E-state index contributed by atoms with van der Waals surface area (Å²) in [6.45, 7) is 0.387. The van der Waals surface area contributed by atoms with Crippen LogP contribution in [0.2, 0.25) is 5.02 Å². The smallest absolute Gasteiger partial charge is 0.143 e. The Morgan fingerprint density at radius 2 is 1.89 bits per heavy atom. The number of rotatable bonds is 3. The summed E-state index contributed by atoms with van der Waals surface area (Å²) in [5, 5.41) is 13.6. The number of halogens is 2. The van der Waals surface area contributed by atoms with Gasteiger partial charge in [-0.05, 0) is 18.9 Å². The number of anilines is 2. The number of nitrogen functional groups attached to an aromatic ring is 1. The van der Waals surface area contributed by atoms with E-state index in [2.05, 4.69) is 5.32 Å². The average molecular weight is 287 g/mol. The van der Waals surface area contributed by atoms with Crippen molar-refractivity contribution in [2.75, 3.05) is 17.6 Å². The van der Waals surface area contributed by atoms with Crippen molar-refractivity contribution < 1.29 is 9.50 Å². The lowest BCUT2D eigenvalue weighted by atomic mass is 9.94. The third-order valence-corrected chi connectivity index (χ3v) is 4.02. The fraction of sp³-hybridized carbons (Fsp3) is 0.571. The molecule has 0 atom stereocenters. The van der Waals surface area contributed by atoms with Gasteiger partial charge in [-0.25, -0.2) is 4.39 Å². The molecule has 0 bridgehead atoms. The van der Waals surface area contributed by atoms with Crippen LogP contribution < -0.4 is 11.1 Å². The first-order valence-electron chi connectivity index (χ1n) is 6.71. The van der Waals surface area contributed by atoms with Gasteiger partial charge in [-0.2, -0.15) is 0 Å². The topological polar surface area (TPSA) is 58.3 Å². The third kappa shape index (κ3) is 3.74. The molecule has 0 saturated heterocycles. The molecule has 1 aliphatic rings. The quantitative estimate of drug-likeness (QED) is 0.588. The lowest BCUT2D eigenvalue weighted by molar-refractivity contribution is 0.0381. The summed E-state index contributed by atoms with van der Waals surface area (Å²) < 4.78 is 13.4. The van der Waals surface area contributed by atoms with Crippen LogP contribution in [0.3, 0.4) is 0 Å². The lowest BCUT2D eigenvalue weighted by Crippen LogP contribution is -2.36. The second kappa shape index (κ2) is 5.97. The Kier molecular flexibility index (Phi) is 4.53. The van der Waals surface area contributed by atoms with E-state index in [-0.39, 0.29) is 5.02 Å². The molecule has 5 heteroatoms. The molecule has 3 nitrogen and oxygen atoms in total. The molecule has 0 spiro atoms. The Morgan fingerprint density at radius 3 is 2.53 bits per heavy atom. The van der Waals surface area contributed by atoms with Gasteiger partial charge in [0.25, 0.3) is 0 Å². The molecule has 4 N–H and O–H groups in total. The van der Waals surface area contributed by atoms with Gasteiger partial charge in [0.05, 0.1) is 22.0 Å². The van der Waals surface area contributed by atoms with E-state index in [0.29, 0.717) is 17.9 Å². The molecule has 1 fully saturated rings. The van der Waals surface area contributed by atoms with Crippen molar-refractivity contribution in [3.05, 3.63) is 23.0 Å².